The van der Waals surface area contributed by atoms with Gasteiger partial charge in [0.2, 0.25) is 5.95 Å². The van der Waals surface area contributed by atoms with Crippen LogP contribution in [0.4, 0.5) is 24.2 Å². The first-order chi connectivity index (χ1) is 14.2. The van der Waals surface area contributed by atoms with Crippen molar-refractivity contribution in [1.82, 2.24) is 29.9 Å². The highest BCUT2D eigenvalue weighted by molar-refractivity contribution is 5.87. The molecule has 3 heterocycles. The van der Waals surface area contributed by atoms with Crippen LogP contribution in [0, 0.1) is 11.8 Å². The first-order valence-electron chi connectivity index (χ1n) is 8.22. The summed E-state index contributed by atoms with van der Waals surface area (Å²) in [5.74, 6) is -1.63. The van der Waals surface area contributed by atoms with E-state index in [0.717, 1.165) is 6.07 Å². The number of carbonyl (C=O) groups is 2. The highest BCUT2D eigenvalue weighted by Gasteiger charge is 2.22. The third-order valence-electron chi connectivity index (χ3n) is 3.66. The van der Waals surface area contributed by atoms with E-state index in [-0.39, 0.29) is 28.6 Å². The molecule has 0 aliphatic rings. The standard InChI is InChI=1S/C16H14F2N8O4/c1-7(10-3-8(17)4-20-12(10)18)29-16(28)23-14-11(24-25-26(14)2)13-21-5-9(6-22-13)30-15(19)27/h3-7H,1-2H3,(H2,19,27)(H,23,28)/t7-/m1/s1. The van der Waals surface area contributed by atoms with Crippen molar-refractivity contribution >= 4 is 18.0 Å². The summed E-state index contributed by atoms with van der Waals surface area (Å²) < 4.78 is 37.9. The van der Waals surface area contributed by atoms with E-state index in [1.807, 2.05) is 0 Å². The number of rotatable bonds is 5. The molecule has 0 saturated heterocycles. The molecule has 0 radical (unpaired) electrons. The highest BCUT2D eigenvalue weighted by Crippen LogP contribution is 2.24. The summed E-state index contributed by atoms with van der Waals surface area (Å²) in [4.78, 5) is 34.2. The molecule has 0 aromatic carbocycles. The van der Waals surface area contributed by atoms with Crippen molar-refractivity contribution < 1.29 is 27.8 Å². The number of nitrogens with one attached hydrogen (secondary N) is 1. The second-order valence-electron chi connectivity index (χ2n) is 5.78. The molecule has 0 aliphatic heterocycles. The van der Waals surface area contributed by atoms with Gasteiger partial charge in [0.1, 0.15) is 11.9 Å². The first kappa shape index (κ1) is 20.5. The zero-order chi connectivity index (χ0) is 21.8. The molecule has 3 aromatic heterocycles. The average molecular weight is 420 g/mol. The summed E-state index contributed by atoms with van der Waals surface area (Å²) >= 11 is 0. The summed E-state index contributed by atoms with van der Waals surface area (Å²) in [5, 5.41) is 10.0. The van der Waals surface area contributed by atoms with Crippen molar-refractivity contribution in [2.75, 3.05) is 5.32 Å². The largest absolute Gasteiger partial charge is 0.441 e. The monoisotopic (exact) mass is 420 g/mol. The van der Waals surface area contributed by atoms with Gasteiger partial charge < -0.3 is 15.2 Å². The molecule has 30 heavy (non-hydrogen) atoms. The minimum atomic E-state index is -1.14. The van der Waals surface area contributed by atoms with Crippen molar-refractivity contribution in [3.8, 4) is 17.3 Å². The van der Waals surface area contributed by atoms with Gasteiger partial charge in [0, 0.05) is 7.05 Å². The Morgan fingerprint density at radius 2 is 1.90 bits per heavy atom. The van der Waals surface area contributed by atoms with Crippen molar-refractivity contribution in [2.24, 2.45) is 12.8 Å². The summed E-state index contributed by atoms with van der Waals surface area (Å²) in [7, 11) is 1.48. The summed E-state index contributed by atoms with van der Waals surface area (Å²) in [6, 6.07) is 0.876. The zero-order valence-electron chi connectivity index (χ0n) is 15.5. The maximum absolute atomic E-state index is 13.7. The van der Waals surface area contributed by atoms with E-state index in [1.54, 1.807) is 0 Å². The van der Waals surface area contributed by atoms with Gasteiger partial charge in [-0.2, -0.15) is 4.39 Å². The van der Waals surface area contributed by atoms with Gasteiger partial charge in [-0.1, -0.05) is 5.21 Å². The van der Waals surface area contributed by atoms with Gasteiger partial charge in [0.15, 0.2) is 23.1 Å². The lowest BCUT2D eigenvalue weighted by molar-refractivity contribution is 0.118. The fourth-order valence-electron chi connectivity index (χ4n) is 2.33. The molecule has 0 bridgehead atoms. The Labute approximate surface area is 167 Å². The predicted molar refractivity (Wildman–Crippen MR) is 94.9 cm³/mol. The van der Waals surface area contributed by atoms with Crippen LogP contribution in [-0.4, -0.2) is 42.1 Å². The Balaban J connectivity index is 1.75. The van der Waals surface area contributed by atoms with Crippen LogP contribution in [0.1, 0.15) is 18.6 Å². The van der Waals surface area contributed by atoms with Gasteiger partial charge >= 0.3 is 12.2 Å². The van der Waals surface area contributed by atoms with Crippen LogP contribution in [0.5, 0.6) is 5.75 Å². The lowest BCUT2D eigenvalue weighted by atomic mass is 10.2. The van der Waals surface area contributed by atoms with Crippen molar-refractivity contribution in [1.29, 1.82) is 0 Å². The predicted octanol–water partition coefficient (Wildman–Crippen LogP) is 1.71. The number of primary amides is 1. The van der Waals surface area contributed by atoms with E-state index >= 15 is 0 Å². The zero-order valence-corrected chi connectivity index (χ0v) is 15.5. The van der Waals surface area contributed by atoms with Crippen molar-refractivity contribution in [2.45, 2.75) is 13.0 Å². The first-order valence-corrected chi connectivity index (χ1v) is 8.22. The van der Waals surface area contributed by atoms with Gasteiger partial charge in [-0.3, -0.25) is 5.32 Å². The second kappa shape index (κ2) is 8.42. The average Bonchev–Trinajstić information content (AvgIpc) is 3.04. The Morgan fingerprint density at radius 1 is 1.20 bits per heavy atom. The molecular weight excluding hydrogens is 406 g/mol. The number of amides is 2. The van der Waals surface area contributed by atoms with Crippen LogP contribution in [0.3, 0.4) is 0 Å². The molecule has 14 heteroatoms. The van der Waals surface area contributed by atoms with Gasteiger partial charge in [-0.05, 0) is 13.0 Å². The SMILES string of the molecule is C[C@@H](OC(=O)Nc1c(-c2ncc(OC(N)=O)cn2)nnn1C)c1cc(F)cnc1F. The van der Waals surface area contributed by atoms with E-state index in [2.05, 4.69) is 35.3 Å². The molecule has 0 fully saturated rings. The quantitative estimate of drug-likeness (QED) is 0.586. The Morgan fingerprint density at radius 3 is 2.57 bits per heavy atom. The molecule has 0 spiro atoms. The van der Waals surface area contributed by atoms with Crippen molar-refractivity contribution in [3.05, 3.63) is 42.0 Å². The Hall–Kier alpha value is -4.23. The number of nitrogens with two attached hydrogens (primary N) is 1. The van der Waals surface area contributed by atoms with Gasteiger partial charge in [0.25, 0.3) is 0 Å². The third kappa shape index (κ3) is 4.60. The molecule has 3 aromatic rings. The van der Waals surface area contributed by atoms with Crippen molar-refractivity contribution in [3.63, 3.8) is 0 Å². The van der Waals surface area contributed by atoms with Gasteiger partial charge in [-0.25, -0.2) is 33.6 Å². The topological polar surface area (TPSA) is 160 Å². The van der Waals surface area contributed by atoms with Crippen LogP contribution in [-0.2, 0) is 11.8 Å². The molecule has 3 rings (SSSR count). The van der Waals surface area contributed by atoms with Crippen LogP contribution in [0.2, 0.25) is 0 Å². The normalized spacial score (nSPS) is 11.6. The van der Waals surface area contributed by atoms with E-state index in [4.69, 9.17) is 10.5 Å². The summed E-state index contributed by atoms with van der Waals surface area (Å²) in [5.41, 5.74) is 4.74. The Bertz CT molecular complexity index is 1090. The fraction of sp³-hybridized carbons (Fsp3) is 0.188. The lowest BCUT2D eigenvalue weighted by Gasteiger charge is -2.14. The van der Waals surface area contributed by atoms with E-state index in [9.17, 15) is 18.4 Å². The number of nitrogens with zero attached hydrogens (tertiary/aromatic N) is 6. The molecule has 0 saturated carbocycles. The number of aromatic nitrogens is 6. The molecular formula is C16H14F2N8O4. The highest BCUT2D eigenvalue weighted by atomic mass is 19.1. The van der Waals surface area contributed by atoms with Crippen LogP contribution >= 0.6 is 0 Å². The molecule has 156 valence electrons. The minimum Gasteiger partial charge on any atom is -0.441 e. The number of aryl methyl sites for hydroxylation is 1. The number of anilines is 1. The maximum Gasteiger partial charge on any atom is 0.413 e. The number of hydrogen-bond donors (Lipinski definition) is 2. The lowest BCUT2D eigenvalue weighted by Crippen LogP contribution is -2.19. The minimum absolute atomic E-state index is 0.00335. The maximum atomic E-state index is 13.7. The molecule has 12 nitrogen and oxygen atoms in total. The smallest absolute Gasteiger partial charge is 0.413 e. The number of halogens is 2. The third-order valence-corrected chi connectivity index (χ3v) is 3.66. The van der Waals surface area contributed by atoms with E-state index < -0.39 is 30.1 Å². The summed E-state index contributed by atoms with van der Waals surface area (Å²) in [6.07, 6.45) is -0.114. The Kier molecular flexibility index (Phi) is 5.75. The van der Waals surface area contributed by atoms with Crippen LogP contribution in [0.15, 0.2) is 24.7 Å². The van der Waals surface area contributed by atoms with Gasteiger partial charge in [0.05, 0.1) is 24.2 Å². The molecule has 0 aliphatic carbocycles. The fourth-order valence-corrected chi connectivity index (χ4v) is 2.33. The number of ether oxygens (including phenoxy) is 2. The van der Waals surface area contributed by atoms with Crippen LogP contribution in [0.25, 0.3) is 11.5 Å². The number of carbonyl (C=O) groups excluding carboxylic acids is 2. The molecule has 3 N–H and O–H groups in total. The molecule has 1 atom stereocenters. The second-order valence-corrected chi connectivity index (χ2v) is 5.78. The summed E-state index contributed by atoms with van der Waals surface area (Å²) in [6.45, 7) is 1.35. The van der Waals surface area contributed by atoms with E-state index in [0.29, 0.717) is 6.20 Å². The number of hydrogen-bond acceptors (Lipinski definition) is 9. The van der Waals surface area contributed by atoms with E-state index in [1.165, 1.54) is 31.0 Å². The van der Waals surface area contributed by atoms with Crippen LogP contribution < -0.4 is 15.8 Å². The molecule has 0 unspecified atom stereocenters. The molecule has 2 amide bonds. The van der Waals surface area contributed by atoms with Gasteiger partial charge in [-0.15, -0.1) is 5.10 Å². The number of pyridine rings is 1.